The summed E-state index contributed by atoms with van der Waals surface area (Å²) < 4.78 is 1.79. The number of carbonyl (C=O) groups excluding carboxylic acids is 2. The predicted molar refractivity (Wildman–Crippen MR) is 59.3 cm³/mol. The van der Waals surface area contributed by atoms with Crippen LogP contribution in [-0.2, 0) is 22.7 Å². The lowest BCUT2D eigenvalue weighted by atomic mass is 10.2. The number of nitrogens with one attached hydrogen (secondary N) is 1. The molecule has 5 N–H and O–H groups in total. The van der Waals surface area contributed by atoms with Crippen LogP contribution in [0.4, 0.5) is 0 Å². The van der Waals surface area contributed by atoms with Gasteiger partial charge in [0.05, 0.1) is 19.0 Å². The van der Waals surface area contributed by atoms with Crippen LogP contribution in [0.3, 0.4) is 0 Å². The first-order valence-electron chi connectivity index (χ1n) is 5.22. The molecule has 1 heterocycles. The van der Waals surface area contributed by atoms with Crippen LogP contribution < -0.4 is 16.8 Å². The van der Waals surface area contributed by atoms with Crippen molar-refractivity contribution >= 4 is 11.8 Å². The van der Waals surface area contributed by atoms with E-state index in [2.05, 4.69) is 15.5 Å². The lowest BCUT2D eigenvalue weighted by Gasteiger charge is -2.10. The van der Waals surface area contributed by atoms with Gasteiger partial charge in [-0.25, -0.2) is 0 Å². The summed E-state index contributed by atoms with van der Waals surface area (Å²) in [7, 11) is 0. The fourth-order valence-electron chi connectivity index (χ4n) is 1.29. The van der Waals surface area contributed by atoms with E-state index in [4.69, 9.17) is 11.5 Å². The highest BCUT2D eigenvalue weighted by molar-refractivity contribution is 5.87. The number of aromatic nitrogens is 3. The van der Waals surface area contributed by atoms with Crippen molar-refractivity contribution in [3.63, 3.8) is 0 Å². The van der Waals surface area contributed by atoms with Crippen molar-refractivity contribution in [2.45, 2.75) is 32.5 Å². The van der Waals surface area contributed by atoms with Crippen LogP contribution in [0.5, 0.6) is 0 Å². The van der Waals surface area contributed by atoms with E-state index in [0.29, 0.717) is 12.4 Å². The summed E-state index contributed by atoms with van der Waals surface area (Å²) in [5.74, 6) is -0.411. The van der Waals surface area contributed by atoms with Crippen LogP contribution in [0.25, 0.3) is 0 Å². The summed E-state index contributed by atoms with van der Waals surface area (Å²) in [6.07, 6.45) is 1.40. The van der Waals surface area contributed by atoms with Crippen molar-refractivity contribution in [2.75, 3.05) is 0 Å². The van der Waals surface area contributed by atoms with Gasteiger partial charge in [0.25, 0.3) is 0 Å². The Balaban J connectivity index is 2.45. The highest BCUT2D eigenvalue weighted by atomic mass is 16.2. The predicted octanol–water partition coefficient (Wildman–Crippen LogP) is -1.88. The molecule has 0 spiro atoms. The minimum atomic E-state index is -0.925. The average molecular weight is 240 g/mol. The van der Waals surface area contributed by atoms with Gasteiger partial charge in [-0.3, -0.25) is 9.59 Å². The lowest BCUT2D eigenvalue weighted by molar-refractivity contribution is -0.126. The fourth-order valence-corrected chi connectivity index (χ4v) is 1.29. The zero-order valence-electron chi connectivity index (χ0n) is 9.59. The maximum Gasteiger partial charge on any atom is 0.237 e. The Morgan fingerprint density at radius 2 is 2.29 bits per heavy atom. The zero-order valence-corrected chi connectivity index (χ0v) is 9.59. The number of hydrogen-bond donors (Lipinski definition) is 3. The SMILES string of the molecule is CCn1cnnc1CNC(=O)C(N)CC(N)=O. The molecule has 94 valence electrons. The smallest absolute Gasteiger partial charge is 0.237 e. The standard InChI is InChI=1S/C9H16N6O2/c1-2-15-5-13-14-8(15)4-12-9(17)6(10)3-7(11)16/h5-6H,2-4,10H2,1H3,(H2,11,16)(H,12,17). The summed E-state index contributed by atoms with van der Waals surface area (Å²) >= 11 is 0. The Bertz CT molecular complexity index is 402. The molecular weight excluding hydrogens is 224 g/mol. The molecule has 8 heteroatoms. The van der Waals surface area contributed by atoms with Crippen LogP contribution in [0.15, 0.2) is 6.33 Å². The van der Waals surface area contributed by atoms with Crippen LogP contribution in [0.1, 0.15) is 19.2 Å². The van der Waals surface area contributed by atoms with Crippen molar-refractivity contribution < 1.29 is 9.59 Å². The van der Waals surface area contributed by atoms with E-state index in [0.717, 1.165) is 0 Å². The third-order valence-corrected chi connectivity index (χ3v) is 2.22. The second-order valence-corrected chi connectivity index (χ2v) is 3.53. The monoisotopic (exact) mass is 240 g/mol. The van der Waals surface area contributed by atoms with Crippen molar-refractivity contribution in [3.8, 4) is 0 Å². The second-order valence-electron chi connectivity index (χ2n) is 3.53. The number of nitrogens with zero attached hydrogens (tertiary/aromatic N) is 3. The van der Waals surface area contributed by atoms with Crippen molar-refractivity contribution in [3.05, 3.63) is 12.2 Å². The van der Waals surface area contributed by atoms with Gasteiger partial charge in [-0.1, -0.05) is 0 Å². The van der Waals surface area contributed by atoms with Gasteiger partial charge in [0.2, 0.25) is 11.8 Å². The Morgan fingerprint density at radius 3 is 2.88 bits per heavy atom. The minimum absolute atomic E-state index is 0.174. The molecule has 0 saturated carbocycles. The molecule has 0 aliphatic carbocycles. The number of primary amides is 1. The van der Waals surface area contributed by atoms with Crippen molar-refractivity contribution in [1.82, 2.24) is 20.1 Å². The maximum atomic E-state index is 11.5. The molecule has 2 amide bonds. The molecule has 8 nitrogen and oxygen atoms in total. The quantitative estimate of drug-likeness (QED) is 0.535. The van der Waals surface area contributed by atoms with Crippen molar-refractivity contribution in [1.29, 1.82) is 0 Å². The molecular formula is C9H16N6O2. The zero-order chi connectivity index (χ0) is 12.8. The summed E-state index contributed by atoms with van der Waals surface area (Å²) in [6, 6.07) is -0.925. The number of aryl methyl sites for hydroxylation is 1. The number of hydrogen-bond acceptors (Lipinski definition) is 5. The van der Waals surface area contributed by atoms with Gasteiger partial charge < -0.3 is 21.4 Å². The van der Waals surface area contributed by atoms with E-state index in [1.54, 1.807) is 10.9 Å². The maximum absolute atomic E-state index is 11.5. The normalized spacial score (nSPS) is 12.1. The number of rotatable bonds is 6. The molecule has 0 fully saturated rings. The van der Waals surface area contributed by atoms with Gasteiger partial charge in [-0.2, -0.15) is 0 Å². The van der Waals surface area contributed by atoms with Gasteiger partial charge in [-0.05, 0) is 6.92 Å². The Kier molecular flexibility index (Phi) is 4.58. The molecule has 0 bridgehead atoms. The van der Waals surface area contributed by atoms with Gasteiger partial charge in [0, 0.05) is 6.54 Å². The summed E-state index contributed by atoms with van der Waals surface area (Å²) in [5, 5.41) is 10.1. The summed E-state index contributed by atoms with van der Waals surface area (Å²) in [5.41, 5.74) is 10.4. The van der Waals surface area contributed by atoms with Crippen LogP contribution >= 0.6 is 0 Å². The first kappa shape index (κ1) is 13.1. The first-order chi connectivity index (χ1) is 8.04. The molecule has 1 aromatic heterocycles. The molecule has 17 heavy (non-hydrogen) atoms. The molecule has 0 aliphatic heterocycles. The Morgan fingerprint density at radius 1 is 1.59 bits per heavy atom. The third-order valence-electron chi connectivity index (χ3n) is 2.22. The Labute approximate surface area is 98.4 Å². The number of carbonyl (C=O) groups is 2. The summed E-state index contributed by atoms with van der Waals surface area (Å²) in [6.45, 7) is 2.87. The lowest BCUT2D eigenvalue weighted by Crippen LogP contribution is -2.42. The largest absolute Gasteiger partial charge is 0.370 e. The molecule has 0 aromatic carbocycles. The van der Waals surface area contributed by atoms with Gasteiger partial charge >= 0.3 is 0 Å². The highest BCUT2D eigenvalue weighted by Gasteiger charge is 2.16. The molecule has 1 unspecified atom stereocenters. The molecule has 0 aliphatic rings. The van der Waals surface area contributed by atoms with E-state index < -0.39 is 17.9 Å². The molecule has 1 atom stereocenters. The number of nitrogens with two attached hydrogens (primary N) is 2. The average Bonchev–Trinajstić information content (AvgIpc) is 2.72. The molecule has 1 aromatic rings. The van der Waals surface area contributed by atoms with Crippen LogP contribution in [-0.4, -0.2) is 32.6 Å². The fraction of sp³-hybridized carbons (Fsp3) is 0.556. The van der Waals surface area contributed by atoms with E-state index >= 15 is 0 Å². The first-order valence-corrected chi connectivity index (χ1v) is 5.22. The van der Waals surface area contributed by atoms with E-state index in [9.17, 15) is 9.59 Å². The van der Waals surface area contributed by atoms with E-state index in [-0.39, 0.29) is 13.0 Å². The highest BCUT2D eigenvalue weighted by Crippen LogP contribution is 1.95. The van der Waals surface area contributed by atoms with Gasteiger partial charge in [0.1, 0.15) is 6.33 Å². The molecule has 1 rings (SSSR count). The molecule has 0 radical (unpaired) electrons. The van der Waals surface area contributed by atoms with Crippen molar-refractivity contribution in [2.24, 2.45) is 11.5 Å². The van der Waals surface area contributed by atoms with Crippen LogP contribution in [0, 0.1) is 0 Å². The third kappa shape index (κ3) is 3.83. The second kappa shape index (κ2) is 5.94. The van der Waals surface area contributed by atoms with E-state index in [1.807, 2.05) is 6.92 Å². The summed E-state index contributed by atoms with van der Waals surface area (Å²) in [4.78, 5) is 22.1. The minimum Gasteiger partial charge on any atom is -0.370 e. The van der Waals surface area contributed by atoms with Crippen LogP contribution in [0.2, 0.25) is 0 Å². The molecule has 0 saturated heterocycles. The number of amides is 2. The van der Waals surface area contributed by atoms with E-state index in [1.165, 1.54) is 0 Å². The van der Waals surface area contributed by atoms with Gasteiger partial charge in [0.15, 0.2) is 5.82 Å². The topological polar surface area (TPSA) is 129 Å². The van der Waals surface area contributed by atoms with Gasteiger partial charge in [-0.15, -0.1) is 10.2 Å². The Hall–Kier alpha value is -1.96.